The van der Waals surface area contributed by atoms with Crippen LogP contribution < -0.4 is 20.5 Å². The molecule has 14 heteroatoms. The van der Waals surface area contributed by atoms with Crippen LogP contribution in [0, 0.1) is 5.92 Å². The van der Waals surface area contributed by atoms with Gasteiger partial charge in [-0.2, -0.15) is 0 Å². The fourth-order valence-electron chi connectivity index (χ4n) is 5.55. The van der Waals surface area contributed by atoms with Crippen molar-refractivity contribution >= 4 is 35.5 Å². The van der Waals surface area contributed by atoms with Crippen molar-refractivity contribution in [2.75, 3.05) is 52.3 Å². The second-order valence-corrected chi connectivity index (χ2v) is 11.6. The van der Waals surface area contributed by atoms with Crippen LogP contribution in [0.25, 0.3) is 17.8 Å². The number of aromatic nitrogens is 6. The summed E-state index contributed by atoms with van der Waals surface area (Å²) in [6.45, 7) is 3.09. The number of benzene rings is 1. The number of aromatic carboxylic acids is 1. The molecule has 0 radical (unpaired) electrons. The Hall–Kier alpha value is -5.11. The predicted octanol–water partition coefficient (Wildman–Crippen LogP) is 2.28. The fraction of sp³-hybridized carbons (Fsp3) is 0.406. The molecule has 1 unspecified atom stereocenters. The average molecular weight is 630 g/mol. The number of carbonyl (C=O) groups excluding carboxylic acids is 1. The predicted molar refractivity (Wildman–Crippen MR) is 173 cm³/mol. The number of anilines is 1. The van der Waals surface area contributed by atoms with E-state index in [-0.39, 0.29) is 28.6 Å². The lowest BCUT2D eigenvalue weighted by Crippen LogP contribution is -2.40. The second kappa shape index (κ2) is 14.8. The number of ether oxygens (including phenoxy) is 1. The van der Waals surface area contributed by atoms with Crippen LogP contribution in [0.15, 0.2) is 47.4 Å². The van der Waals surface area contributed by atoms with Gasteiger partial charge in [0.2, 0.25) is 5.91 Å². The van der Waals surface area contributed by atoms with Crippen LogP contribution in [0.2, 0.25) is 0 Å². The van der Waals surface area contributed by atoms with E-state index in [2.05, 4.69) is 25.7 Å². The number of carboxylic acids is 1. The molecule has 0 saturated carbocycles. The topological polar surface area (TPSA) is 160 Å². The number of nitrogens with one attached hydrogen (secondary N) is 1. The maximum atomic E-state index is 13.9. The van der Waals surface area contributed by atoms with E-state index in [0.717, 1.165) is 37.1 Å². The van der Waals surface area contributed by atoms with Crippen molar-refractivity contribution in [3.05, 3.63) is 75.5 Å². The van der Waals surface area contributed by atoms with Gasteiger partial charge in [-0.05, 0) is 98.2 Å². The molecule has 1 aliphatic rings. The van der Waals surface area contributed by atoms with Crippen molar-refractivity contribution in [3.63, 3.8) is 0 Å². The summed E-state index contributed by atoms with van der Waals surface area (Å²) in [6, 6.07) is 10.3. The number of methoxy groups -OCH3 is 1. The van der Waals surface area contributed by atoms with Crippen molar-refractivity contribution < 1.29 is 19.4 Å². The molecule has 1 fully saturated rings. The molecule has 4 heterocycles. The number of hydrogen-bond donors (Lipinski definition) is 2. The Morgan fingerprint density at radius 2 is 1.98 bits per heavy atom. The van der Waals surface area contributed by atoms with Gasteiger partial charge in [-0.3, -0.25) is 14.0 Å². The van der Waals surface area contributed by atoms with E-state index >= 15 is 0 Å². The van der Waals surface area contributed by atoms with E-state index in [0.29, 0.717) is 49.8 Å². The lowest BCUT2D eigenvalue weighted by atomic mass is 9.94. The van der Waals surface area contributed by atoms with Gasteiger partial charge in [0.25, 0.3) is 5.56 Å². The summed E-state index contributed by atoms with van der Waals surface area (Å²) in [4.78, 5) is 47.2. The minimum absolute atomic E-state index is 0.00654. The normalized spacial score (nSPS) is 15.1. The van der Waals surface area contributed by atoms with E-state index in [1.807, 2.05) is 43.3 Å². The molecule has 1 saturated heterocycles. The van der Waals surface area contributed by atoms with Crippen LogP contribution in [0.3, 0.4) is 0 Å². The van der Waals surface area contributed by atoms with E-state index in [4.69, 9.17) is 9.72 Å². The molecule has 14 nitrogen and oxygen atoms in total. The maximum Gasteiger partial charge on any atom is 0.335 e. The molecule has 3 aromatic heterocycles. The van der Waals surface area contributed by atoms with Gasteiger partial charge < -0.3 is 25.0 Å². The smallest absolute Gasteiger partial charge is 0.335 e. The first kappa shape index (κ1) is 32.3. The number of piperidine rings is 1. The maximum absolute atomic E-state index is 13.9. The number of pyridine rings is 1. The Kier molecular flexibility index (Phi) is 10.4. The highest BCUT2D eigenvalue weighted by Crippen LogP contribution is 2.27. The lowest BCUT2D eigenvalue weighted by molar-refractivity contribution is -0.122. The first-order valence-corrected chi connectivity index (χ1v) is 15.2. The third-order valence-corrected chi connectivity index (χ3v) is 7.94. The second-order valence-electron chi connectivity index (χ2n) is 11.6. The standard InChI is InChI=1S/C32H39N9O5/c1-38(2)15-5-14-33-29(42)18-23-6-4-16-39(20-23)30-26(31(43)40-17-13-24(32(44)45)19-28(40)34-30)11-12-27-35-36-37-41(27)21-22-7-9-25(46-3)10-8-22/h7-13,17,19,23H,4-6,14-16,18,20-21H2,1-3H3,(H,33,42)(H,44,45)/b12-11+. The fourth-order valence-corrected chi connectivity index (χ4v) is 5.55. The van der Waals surface area contributed by atoms with Gasteiger partial charge >= 0.3 is 5.97 Å². The van der Waals surface area contributed by atoms with Crippen LogP contribution in [-0.2, 0) is 11.3 Å². The van der Waals surface area contributed by atoms with Crippen LogP contribution in [0.4, 0.5) is 5.82 Å². The summed E-state index contributed by atoms with van der Waals surface area (Å²) in [5, 5.41) is 24.7. The molecule has 5 rings (SSSR count). The molecule has 0 spiro atoms. The summed E-state index contributed by atoms with van der Waals surface area (Å²) in [7, 11) is 5.61. The van der Waals surface area contributed by atoms with Gasteiger partial charge in [-0.25, -0.2) is 14.5 Å². The Balaban J connectivity index is 1.42. The van der Waals surface area contributed by atoms with E-state index < -0.39 is 5.97 Å². The molecule has 0 aliphatic carbocycles. The van der Waals surface area contributed by atoms with Gasteiger partial charge in [0.15, 0.2) is 5.82 Å². The number of carbonyl (C=O) groups is 2. The number of rotatable bonds is 13. The van der Waals surface area contributed by atoms with Gasteiger partial charge in [-0.15, -0.1) is 5.10 Å². The quantitative estimate of drug-likeness (QED) is 0.209. The number of amides is 1. The molecule has 4 aromatic rings. The largest absolute Gasteiger partial charge is 0.497 e. The Labute approximate surface area is 266 Å². The highest BCUT2D eigenvalue weighted by molar-refractivity contribution is 5.89. The Bertz CT molecular complexity index is 1760. The van der Waals surface area contributed by atoms with Crippen LogP contribution in [-0.4, -0.2) is 98.9 Å². The van der Waals surface area contributed by atoms with E-state index in [1.165, 1.54) is 22.7 Å². The van der Waals surface area contributed by atoms with Crippen molar-refractivity contribution in [2.45, 2.75) is 32.2 Å². The van der Waals surface area contributed by atoms with Crippen LogP contribution in [0.1, 0.15) is 53.0 Å². The lowest BCUT2D eigenvalue weighted by Gasteiger charge is -2.34. The number of fused-ring (bicyclic) bond motifs is 1. The number of tetrazole rings is 1. The number of carboxylic acid groups (broad SMARTS) is 1. The van der Waals surface area contributed by atoms with Gasteiger partial charge in [0.05, 0.1) is 24.8 Å². The first-order valence-electron chi connectivity index (χ1n) is 15.2. The zero-order valence-corrected chi connectivity index (χ0v) is 26.3. The molecular weight excluding hydrogens is 590 g/mol. The molecule has 1 atom stereocenters. The molecule has 46 heavy (non-hydrogen) atoms. The highest BCUT2D eigenvalue weighted by Gasteiger charge is 2.26. The Morgan fingerprint density at radius 1 is 1.17 bits per heavy atom. The van der Waals surface area contributed by atoms with Crippen molar-refractivity contribution in [3.8, 4) is 5.75 Å². The Morgan fingerprint density at radius 3 is 2.72 bits per heavy atom. The zero-order chi connectivity index (χ0) is 32.6. The van der Waals surface area contributed by atoms with Gasteiger partial charge in [-0.1, -0.05) is 12.1 Å². The van der Waals surface area contributed by atoms with E-state index in [1.54, 1.807) is 23.9 Å². The minimum atomic E-state index is -1.11. The summed E-state index contributed by atoms with van der Waals surface area (Å²) in [5.74, 6) is 0.576. The molecular formula is C32H39N9O5. The van der Waals surface area contributed by atoms with Crippen molar-refractivity contribution in [1.82, 2.24) is 39.8 Å². The third-order valence-electron chi connectivity index (χ3n) is 7.94. The summed E-state index contributed by atoms with van der Waals surface area (Å²) < 4.78 is 8.19. The molecule has 1 aromatic carbocycles. The van der Waals surface area contributed by atoms with Crippen molar-refractivity contribution in [2.24, 2.45) is 5.92 Å². The van der Waals surface area contributed by atoms with Gasteiger partial charge in [0, 0.05) is 32.3 Å². The molecule has 1 aliphatic heterocycles. The first-order chi connectivity index (χ1) is 22.2. The van der Waals surface area contributed by atoms with Crippen LogP contribution in [0.5, 0.6) is 5.75 Å². The van der Waals surface area contributed by atoms with Crippen molar-refractivity contribution in [1.29, 1.82) is 0 Å². The molecule has 1 amide bonds. The molecule has 242 valence electrons. The highest BCUT2D eigenvalue weighted by atomic mass is 16.5. The van der Waals surface area contributed by atoms with Crippen LogP contribution >= 0.6 is 0 Å². The average Bonchev–Trinajstić information content (AvgIpc) is 3.49. The monoisotopic (exact) mass is 629 g/mol. The van der Waals surface area contributed by atoms with E-state index in [9.17, 15) is 19.5 Å². The summed E-state index contributed by atoms with van der Waals surface area (Å²) >= 11 is 0. The third kappa shape index (κ3) is 7.93. The SMILES string of the molecule is COc1ccc(Cn2nnnc2/C=C/c2c(N3CCCC(CC(=O)NCCCN(C)C)C3)nc3cc(C(=O)O)ccn3c2=O)cc1. The summed E-state index contributed by atoms with van der Waals surface area (Å²) in [5.41, 5.74) is 1.17. The minimum Gasteiger partial charge on any atom is -0.497 e. The number of hydrogen-bond acceptors (Lipinski definition) is 10. The summed E-state index contributed by atoms with van der Waals surface area (Å²) in [6.07, 6.45) is 7.69. The zero-order valence-electron chi connectivity index (χ0n) is 26.3. The molecule has 0 bridgehead atoms. The van der Waals surface area contributed by atoms with Gasteiger partial charge in [0.1, 0.15) is 17.2 Å². The number of nitrogens with zero attached hydrogens (tertiary/aromatic N) is 8. The molecule has 2 N–H and O–H groups in total.